The van der Waals surface area contributed by atoms with Gasteiger partial charge >= 0.3 is 36.0 Å². The zero-order chi connectivity index (χ0) is 107. The Hall–Kier alpha value is -15.0. The molecule has 5 aromatic rings. The smallest absolute Gasteiger partial charge is 0.408 e. The summed E-state index contributed by atoms with van der Waals surface area (Å²) in [5.41, 5.74) is 4.61. The molecule has 47 heteroatoms. The largest absolute Gasteiger partial charge is 0.486 e. The molecule has 15 atom stereocenters. The summed E-state index contributed by atoms with van der Waals surface area (Å²) in [6, 6.07) is 9.88. The maximum atomic E-state index is 15.7. The van der Waals surface area contributed by atoms with Crippen LogP contribution in [0.15, 0.2) is 84.9 Å². The van der Waals surface area contributed by atoms with Crippen LogP contribution in [0.4, 0.5) is 15.3 Å². The summed E-state index contributed by atoms with van der Waals surface area (Å²) in [5, 5.41) is 27.4. The average molecular weight is 2030 g/mol. The molecule has 0 bridgehead atoms. The Morgan fingerprint density at radius 3 is 1.48 bits per heavy atom. The number of nitrogens with two attached hydrogens (primary N) is 1. The highest BCUT2D eigenvalue weighted by Gasteiger charge is 2.57. The Kier molecular flexibility index (Phi) is 41.0. The summed E-state index contributed by atoms with van der Waals surface area (Å²) >= 11 is 0. The summed E-state index contributed by atoms with van der Waals surface area (Å²) < 4.78 is 45.8. The molecule has 4 aliphatic rings. The number of fused-ring (bicyclic) bond motifs is 4. The minimum Gasteiger partial charge on any atom is -0.486 e. The fourth-order valence-electron chi connectivity index (χ4n) is 16.9. The van der Waals surface area contributed by atoms with Crippen molar-refractivity contribution in [2.24, 2.45) is 23.5 Å². The second-order valence-electron chi connectivity index (χ2n) is 37.4. The van der Waals surface area contributed by atoms with Gasteiger partial charge in [-0.25, -0.2) is 24.4 Å². The molecule has 4 fully saturated rings. The van der Waals surface area contributed by atoms with E-state index in [0.29, 0.717) is 41.1 Å². The average Bonchev–Trinajstić information content (AvgIpc) is 0.764. The number of carbonyl (C=O) groups excluding carboxylic acids is 20. The van der Waals surface area contributed by atoms with Crippen molar-refractivity contribution in [3.05, 3.63) is 102 Å². The molecule has 0 aliphatic carbocycles. The summed E-state index contributed by atoms with van der Waals surface area (Å²) in [6.07, 6.45) is -8.45. The Balaban J connectivity index is 1.00. The molecule has 145 heavy (non-hydrogen) atoms. The van der Waals surface area contributed by atoms with E-state index in [0.717, 1.165) is 52.4 Å². The van der Waals surface area contributed by atoms with Crippen molar-refractivity contribution in [1.29, 1.82) is 0 Å². The lowest BCUT2D eigenvalue weighted by Gasteiger charge is -2.43. The molecule has 6 heterocycles. The number of nitrogens with zero attached hydrogens (tertiary/aromatic N) is 8. The number of hydrogen-bond acceptors (Lipinski definition) is 30. The van der Waals surface area contributed by atoms with E-state index in [1.165, 1.54) is 45.2 Å². The highest BCUT2D eigenvalue weighted by Crippen LogP contribution is 2.35. The number of hydrogen-bond donors (Lipinski definition) is 11. The van der Waals surface area contributed by atoms with Gasteiger partial charge in [0.1, 0.15) is 60.5 Å². The molecule has 4 aliphatic heterocycles. The van der Waals surface area contributed by atoms with Crippen LogP contribution < -0.4 is 68.4 Å². The first-order chi connectivity index (χ1) is 68.6. The van der Waals surface area contributed by atoms with Crippen LogP contribution in [-0.2, 0) is 112 Å². The number of ether oxygens (including phenoxy) is 8. The zero-order valence-corrected chi connectivity index (χ0v) is 84.5. The Morgan fingerprint density at radius 1 is 0.559 bits per heavy atom. The Morgan fingerprint density at radius 2 is 1.02 bits per heavy atom. The Labute approximate surface area is 838 Å². The van der Waals surface area contributed by atoms with Crippen molar-refractivity contribution in [1.82, 2.24) is 87.2 Å². The molecular weight excluding hydrogens is 1890 g/mol. The first-order valence-corrected chi connectivity index (χ1v) is 48.0. The molecular formula is C98H133N19O28. The van der Waals surface area contributed by atoms with Gasteiger partial charge in [0.25, 0.3) is 11.8 Å². The maximum Gasteiger partial charge on any atom is 0.408 e. The van der Waals surface area contributed by atoms with Gasteiger partial charge in [0.05, 0.1) is 44.3 Å². The molecule has 3 aromatic carbocycles. The van der Waals surface area contributed by atoms with Gasteiger partial charge in [-0.1, -0.05) is 103 Å². The number of aromatic nitrogens is 2. The van der Waals surface area contributed by atoms with E-state index in [1.54, 1.807) is 135 Å². The number of likely N-dealkylation sites (N-methyl/N-ethyl adjacent to an activating group) is 4. The molecule has 0 saturated carbocycles. The van der Waals surface area contributed by atoms with E-state index in [-0.39, 0.29) is 93.8 Å². The number of anilines is 1. The SMILES string of the molecule is CC[C@H](C)[C@H]1C(=O)NC[C@@H](NC(=O)c2nc3ccccc3cc2O[C@@H]2O[C@H](C(=O)OC)[C@@H](OC(C)=O)[C@H](OC(C)=O)[C@H]2OC(C)=O)C(=O)N2CCCC[C@H]2C(=O)NCC(=O)N(C)CC(=O)N(C)[C@@H]([C@@H](C)CC)C(=O)NC[C@@H](NC(=O)c2nc3ccccc3cc2OCc2ccc(NC(=O)[C@H](CCCNC(N)=O)NC(=O)[C@@H](NC(=O)OC(C)(C)C)C(C)C)cc2)C(=O)N2CCCC[C@H]2C(=O)NCC(=O)N(C)CC(=O)N1C. The molecule has 4 saturated heterocycles. The number of rotatable bonds is 27. The van der Waals surface area contributed by atoms with Crippen LogP contribution >= 0.6 is 0 Å². The van der Waals surface area contributed by atoms with Crippen LogP contribution in [0.2, 0.25) is 0 Å². The monoisotopic (exact) mass is 2020 g/mol. The van der Waals surface area contributed by atoms with E-state index >= 15 is 28.8 Å². The number of pyridine rings is 2. The van der Waals surface area contributed by atoms with Gasteiger partial charge in [0.15, 0.2) is 41.2 Å². The van der Waals surface area contributed by atoms with Gasteiger partial charge in [0.2, 0.25) is 83.3 Å². The Bertz CT molecular complexity index is 5600. The fraction of sp³-hybridized carbons (Fsp3) is 0.551. The second kappa shape index (κ2) is 52.3. The van der Waals surface area contributed by atoms with E-state index in [4.69, 9.17) is 48.6 Å². The van der Waals surface area contributed by atoms with E-state index < -0.39 is 272 Å². The molecule has 2 aromatic heterocycles. The maximum absolute atomic E-state index is 15.7. The van der Waals surface area contributed by atoms with E-state index in [2.05, 4.69) is 58.2 Å². The van der Waals surface area contributed by atoms with Gasteiger partial charge < -0.3 is 126 Å². The van der Waals surface area contributed by atoms with Crippen LogP contribution in [-0.4, -0.2) is 337 Å². The number of para-hydroxylation sites is 2. The van der Waals surface area contributed by atoms with E-state index in [9.17, 15) is 67.1 Å². The standard InChI is InChI=1S/C98H133N19O28/c1-18-53(5)78-90(131)101-45-65(109-88(129)76-69(43-59-29-20-22-31-62(59)106-76)139-51-58-36-38-61(39-37-58)105-84(125)64(33-28-40-100-96(99)136)108-87(128)75(52(3)4)111-97(137)145-98(10,11)12)92(133)116-41-26-24-34-67(116)85(126)103-47-71(121)113(14)50-74(124)115(16)79(54(6)19-2)91(132)102-46-66(93(134)117-42-27-25-35-68(117)86(127)104-48-72(122)112(13)49-73(123)114(78)15)110-89(130)77-70(44-60-30-21-23-32-63(60)107-77)143-95-83(142-57(9)120)81(141-56(8)119)80(140-55(7)118)82(144-95)94(135)138-17/h20-23,29-32,36-39,43-44,52-54,64-68,75,78-83,95H,18-19,24-28,33-35,40-42,45-51H2,1-17H3,(H,101,131)(H,102,132)(H,103,126)(H,104,127)(H,105,125)(H,108,128)(H,109,129)(H,110,130)(H,111,137)(H3,99,100,136)/t53-,54-,64-,65+,66+,67-,68-,75-,78-,79-,80-,81-,82-,83+,95+/m0/s1. The number of alkyl carbamates (subject to hydrolysis) is 1. The molecule has 17 amide bonds. The lowest BCUT2D eigenvalue weighted by atomic mass is 9.96. The van der Waals surface area contributed by atoms with E-state index in [1.807, 2.05) is 0 Å². The molecule has 12 N–H and O–H groups in total. The third-order valence-electron chi connectivity index (χ3n) is 25.0. The first-order valence-electron chi connectivity index (χ1n) is 48.0. The van der Waals surface area contributed by atoms with Crippen LogP contribution in [0.25, 0.3) is 21.8 Å². The molecule has 0 unspecified atom stereocenters. The minimum absolute atomic E-state index is 0.0181. The van der Waals surface area contributed by atoms with Crippen molar-refractivity contribution >= 4 is 146 Å². The number of nitrogens with one attached hydrogen (secondary N) is 10. The summed E-state index contributed by atoms with van der Waals surface area (Å²) in [4.78, 5) is 300. The van der Waals surface area contributed by atoms with Crippen LogP contribution in [0.5, 0.6) is 11.5 Å². The summed E-state index contributed by atoms with van der Waals surface area (Å²) in [5.74, 6) is -18.8. The predicted octanol–water partition coefficient (Wildman–Crippen LogP) is 1.66. The molecule has 0 radical (unpaired) electrons. The number of esters is 4. The number of piperidine rings is 2. The minimum atomic E-state index is -2.06. The van der Waals surface area contributed by atoms with Crippen molar-refractivity contribution in [3.8, 4) is 11.5 Å². The highest BCUT2D eigenvalue weighted by molar-refractivity contribution is 6.04. The molecule has 9 rings (SSSR count). The number of benzene rings is 3. The van der Waals surface area contributed by atoms with Crippen molar-refractivity contribution in [2.45, 2.75) is 239 Å². The topological polar surface area (TPSA) is 607 Å². The van der Waals surface area contributed by atoms with Gasteiger partial charge in [-0.3, -0.25) is 81.5 Å². The number of amides is 17. The van der Waals surface area contributed by atoms with Crippen molar-refractivity contribution in [2.75, 3.05) is 99.5 Å². The van der Waals surface area contributed by atoms with Gasteiger partial charge in [-0.2, -0.15) is 0 Å². The molecule has 0 spiro atoms. The van der Waals surface area contributed by atoms with Crippen molar-refractivity contribution in [3.63, 3.8) is 0 Å². The first kappa shape index (κ1) is 114. The lowest BCUT2D eigenvalue weighted by molar-refractivity contribution is -0.282. The third-order valence-corrected chi connectivity index (χ3v) is 25.0. The van der Waals surface area contributed by atoms with Gasteiger partial charge in [-0.05, 0) is 132 Å². The van der Waals surface area contributed by atoms with Crippen LogP contribution in [0.3, 0.4) is 0 Å². The van der Waals surface area contributed by atoms with Crippen LogP contribution in [0, 0.1) is 17.8 Å². The quantitative estimate of drug-likeness (QED) is 0.0202. The number of urea groups is 1. The second-order valence-corrected chi connectivity index (χ2v) is 37.4. The summed E-state index contributed by atoms with van der Waals surface area (Å²) in [7, 11) is 6.10. The van der Waals surface area contributed by atoms with Crippen LogP contribution in [0.1, 0.15) is 174 Å². The normalized spacial score (nSPS) is 22.3. The summed E-state index contributed by atoms with van der Waals surface area (Å²) in [6.45, 7) is 13.2. The fourth-order valence-corrected chi connectivity index (χ4v) is 16.9. The molecule has 788 valence electrons. The number of methoxy groups -OCH3 is 1. The van der Waals surface area contributed by atoms with Gasteiger partial charge in [-0.15, -0.1) is 0 Å². The number of primary amides is 1. The third kappa shape index (κ3) is 31.3. The van der Waals surface area contributed by atoms with Crippen molar-refractivity contribution < 1.29 is 134 Å². The highest BCUT2D eigenvalue weighted by atomic mass is 16.7. The molecule has 47 nitrogen and oxygen atoms in total. The predicted molar refractivity (Wildman–Crippen MR) is 518 cm³/mol. The lowest BCUT2D eigenvalue weighted by Crippen LogP contribution is -2.64. The number of carbonyl (C=O) groups is 20. The van der Waals surface area contributed by atoms with Gasteiger partial charge in [0, 0.05) is 98.1 Å². The zero-order valence-electron chi connectivity index (χ0n) is 84.5.